The van der Waals surface area contributed by atoms with Gasteiger partial charge in [-0.15, -0.1) is 0 Å². The molecule has 1 aliphatic heterocycles. The molecule has 1 fully saturated rings. The van der Waals surface area contributed by atoms with Crippen LogP contribution in [0.25, 0.3) is 0 Å². The highest BCUT2D eigenvalue weighted by atomic mass is 19.1. The Morgan fingerprint density at radius 3 is 2.72 bits per heavy atom. The van der Waals surface area contributed by atoms with Crippen molar-refractivity contribution in [2.45, 2.75) is 25.4 Å². The second-order valence-corrected chi connectivity index (χ2v) is 6.79. The van der Waals surface area contributed by atoms with E-state index < -0.39 is 17.3 Å². The maximum Gasteiger partial charge on any atom is 0.321 e. The summed E-state index contributed by atoms with van der Waals surface area (Å²) in [5.74, 6) is -0.973. The first kappa shape index (κ1) is 19.1. The standard InChI is InChI=1S/C17H25FN4O3/c1-12(23)19-15-9-13(5-6-14(15)18)20-16(24)22-8-4-7-17(25,11-22)10-21(2)3/h5-6,9,25H,4,7-8,10-11H2,1-3H3,(H,19,23)(H,20,24)/t17-/m0/s1. The zero-order valence-electron chi connectivity index (χ0n) is 14.8. The van der Waals surface area contributed by atoms with Crippen LogP contribution in [0.5, 0.6) is 0 Å². The number of carbonyl (C=O) groups is 2. The van der Waals surface area contributed by atoms with Crippen LogP contribution in [0, 0.1) is 5.82 Å². The number of rotatable bonds is 4. The van der Waals surface area contributed by atoms with Gasteiger partial charge in [0.15, 0.2) is 0 Å². The lowest BCUT2D eigenvalue weighted by molar-refractivity contribution is -0.114. The third kappa shape index (κ3) is 5.40. The molecule has 1 aromatic rings. The van der Waals surface area contributed by atoms with Gasteiger partial charge >= 0.3 is 6.03 Å². The van der Waals surface area contributed by atoms with E-state index in [1.165, 1.54) is 25.1 Å². The predicted molar refractivity (Wildman–Crippen MR) is 94.0 cm³/mol. The predicted octanol–water partition coefficient (Wildman–Crippen LogP) is 1.70. The summed E-state index contributed by atoms with van der Waals surface area (Å²) in [5, 5.41) is 15.7. The zero-order chi connectivity index (χ0) is 18.6. The van der Waals surface area contributed by atoms with Crippen LogP contribution in [0.3, 0.4) is 0 Å². The number of nitrogens with zero attached hydrogens (tertiary/aromatic N) is 2. The Labute approximate surface area is 146 Å². The van der Waals surface area contributed by atoms with Crippen LogP contribution >= 0.6 is 0 Å². The molecular formula is C17H25FN4O3. The molecule has 1 aromatic carbocycles. The molecular weight excluding hydrogens is 327 g/mol. The van der Waals surface area contributed by atoms with Crippen molar-refractivity contribution in [2.75, 3.05) is 44.4 Å². The lowest BCUT2D eigenvalue weighted by atomic mass is 9.92. The number of β-amino-alcohol motifs (C(OH)–C–C–N with tert-alkyl or cyclic N) is 1. The molecule has 0 radical (unpaired) electrons. The molecule has 3 N–H and O–H groups in total. The van der Waals surface area contributed by atoms with Crippen molar-refractivity contribution < 1.29 is 19.1 Å². The third-order valence-corrected chi connectivity index (χ3v) is 3.98. The molecule has 0 bridgehead atoms. The summed E-state index contributed by atoms with van der Waals surface area (Å²) < 4.78 is 13.7. The number of urea groups is 1. The molecule has 8 heteroatoms. The summed E-state index contributed by atoms with van der Waals surface area (Å²) in [4.78, 5) is 27.0. The van der Waals surface area contributed by atoms with Gasteiger partial charge in [-0.25, -0.2) is 9.18 Å². The highest BCUT2D eigenvalue weighted by Gasteiger charge is 2.35. The highest BCUT2D eigenvalue weighted by Crippen LogP contribution is 2.24. The molecule has 0 saturated carbocycles. The monoisotopic (exact) mass is 352 g/mol. The molecule has 25 heavy (non-hydrogen) atoms. The first-order chi connectivity index (χ1) is 11.7. The van der Waals surface area contributed by atoms with Gasteiger partial charge in [-0.2, -0.15) is 0 Å². The van der Waals surface area contributed by atoms with Crippen molar-refractivity contribution in [3.8, 4) is 0 Å². The van der Waals surface area contributed by atoms with Crippen LogP contribution in [0.1, 0.15) is 19.8 Å². The first-order valence-corrected chi connectivity index (χ1v) is 8.19. The molecule has 1 saturated heterocycles. The Balaban J connectivity index is 2.05. The first-order valence-electron chi connectivity index (χ1n) is 8.19. The SMILES string of the molecule is CC(=O)Nc1cc(NC(=O)N2CCC[C@](O)(CN(C)C)C2)ccc1F. The van der Waals surface area contributed by atoms with Crippen LogP contribution in [-0.4, -0.2) is 66.2 Å². The Morgan fingerprint density at radius 1 is 1.36 bits per heavy atom. The maximum atomic E-state index is 13.7. The Hall–Kier alpha value is -2.19. The minimum atomic E-state index is -0.941. The van der Waals surface area contributed by atoms with Gasteiger partial charge in [0.1, 0.15) is 5.82 Å². The van der Waals surface area contributed by atoms with E-state index in [0.29, 0.717) is 31.6 Å². The second kappa shape index (κ2) is 7.79. The van der Waals surface area contributed by atoms with Crippen LogP contribution in [0.4, 0.5) is 20.6 Å². The number of aliphatic hydroxyl groups is 1. The van der Waals surface area contributed by atoms with E-state index in [4.69, 9.17) is 0 Å². The third-order valence-electron chi connectivity index (χ3n) is 3.98. The van der Waals surface area contributed by atoms with E-state index in [1.807, 2.05) is 19.0 Å². The molecule has 0 spiro atoms. The highest BCUT2D eigenvalue weighted by molar-refractivity contribution is 5.92. The van der Waals surface area contributed by atoms with Gasteiger partial charge in [0.05, 0.1) is 17.8 Å². The maximum absolute atomic E-state index is 13.7. The van der Waals surface area contributed by atoms with Crippen molar-refractivity contribution in [3.05, 3.63) is 24.0 Å². The number of anilines is 2. The summed E-state index contributed by atoms with van der Waals surface area (Å²) in [7, 11) is 3.75. The number of hydrogen-bond donors (Lipinski definition) is 3. The van der Waals surface area contributed by atoms with Crippen molar-refractivity contribution in [1.82, 2.24) is 9.80 Å². The Bertz CT molecular complexity index is 653. The summed E-state index contributed by atoms with van der Waals surface area (Å²) >= 11 is 0. The molecule has 1 atom stereocenters. The average Bonchev–Trinajstić information content (AvgIpc) is 2.48. The van der Waals surface area contributed by atoms with Crippen molar-refractivity contribution in [2.24, 2.45) is 0 Å². The van der Waals surface area contributed by atoms with Gasteiger partial charge in [-0.3, -0.25) is 4.79 Å². The summed E-state index contributed by atoms with van der Waals surface area (Å²) in [5.41, 5.74) is -0.562. The van der Waals surface area contributed by atoms with Crippen LogP contribution in [-0.2, 0) is 4.79 Å². The summed E-state index contributed by atoms with van der Waals surface area (Å²) in [6.07, 6.45) is 1.34. The average molecular weight is 352 g/mol. The van der Waals surface area contributed by atoms with Gasteiger partial charge in [0, 0.05) is 25.7 Å². The molecule has 0 unspecified atom stereocenters. The minimum absolute atomic E-state index is 0.00746. The summed E-state index contributed by atoms with van der Waals surface area (Å²) in [6.45, 7) is 2.53. The number of benzene rings is 1. The number of hydrogen-bond acceptors (Lipinski definition) is 4. The van der Waals surface area contributed by atoms with Crippen LogP contribution < -0.4 is 10.6 Å². The van der Waals surface area contributed by atoms with E-state index in [0.717, 1.165) is 0 Å². The van der Waals surface area contributed by atoms with Gasteiger partial charge in [0.2, 0.25) is 5.91 Å². The van der Waals surface area contributed by atoms with Gasteiger partial charge < -0.3 is 25.5 Å². The fourth-order valence-corrected chi connectivity index (χ4v) is 3.09. The fraction of sp³-hybridized carbons (Fsp3) is 0.529. The molecule has 0 aromatic heterocycles. The Morgan fingerprint density at radius 2 is 2.08 bits per heavy atom. The number of likely N-dealkylation sites (N-methyl/N-ethyl adjacent to an activating group) is 1. The van der Waals surface area contributed by atoms with Crippen molar-refractivity contribution >= 4 is 23.3 Å². The largest absolute Gasteiger partial charge is 0.387 e. The molecule has 1 heterocycles. The lowest BCUT2D eigenvalue weighted by Crippen LogP contribution is -2.55. The van der Waals surface area contributed by atoms with E-state index in [2.05, 4.69) is 10.6 Å². The zero-order valence-corrected chi connectivity index (χ0v) is 14.8. The van der Waals surface area contributed by atoms with Gasteiger partial charge in [-0.05, 0) is 45.1 Å². The molecule has 138 valence electrons. The van der Waals surface area contributed by atoms with Crippen molar-refractivity contribution in [1.29, 1.82) is 0 Å². The number of nitrogens with one attached hydrogen (secondary N) is 2. The lowest BCUT2D eigenvalue weighted by Gasteiger charge is -2.40. The fourth-order valence-electron chi connectivity index (χ4n) is 3.09. The van der Waals surface area contributed by atoms with Crippen LogP contribution in [0.15, 0.2) is 18.2 Å². The number of likely N-dealkylation sites (tertiary alicyclic amines) is 1. The molecule has 7 nitrogen and oxygen atoms in total. The van der Waals surface area contributed by atoms with E-state index in [9.17, 15) is 19.1 Å². The van der Waals surface area contributed by atoms with Gasteiger partial charge in [-0.1, -0.05) is 0 Å². The molecule has 2 rings (SSSR count). The van der Waals surface area contributed by atoms with E-state index >= 15 is 0 Å². The van der Waals surface area contributed by atoms with E-state index in [1.54, 1.807) is 4.90 Å². The molecule has 1 aliphatic rings. The van der Waals surface area contributed by atoms with Crippen molar-refractivity contribution in [3.63, 3.8) is 0 Å². The minimum Gasteiger partial charge on any atom is -0.387 e. The quantitative estimate of drug-likeness (QED) is 0.770. The number of halogens is 1. The summed E-state index contributed by atoms with van der Waals surface area (Å²) in [6, 6.07) is 3.61. The smallest absolute Gasteiger partial charge is 0.321 e. The molecule has 0 aliphatic carbocycles. The molecule has 3 amide bonds. The van der Waals surface area contributed by atoms with E-state index in [-0.39, 0.29) is 18.3 Å². The topological polar surface area (TPSA) is 84.9 Å². The number of carbonyl (C=O) groups excluding carboxylic acids is 2. The number of amides is 3. The Kier molecular flexibility index (Phi) is 5.97. The van der Waals surface area contributed by atoms with Crippen LogP contribution in [0.2, 0.25) is 0 Å². The van der Waals surface area contributed by atoms with Gasteiger partial charge in [0.25, 0.3) is 0 Å². The second-order valence-electron chi connectivity index (χ2n) is 6.79. The normalized spacial score (nSPS) is 20.5. The number of piperidine rings is 1.